The summed E-state index contributed by atoms with van der Waals surface area (Å²) in [6.45, 7) is 3.90. The molecular formula is C11H19NO3. The minimum Gasteiger partial charge on any atom is -0.480 e. The first-order valence-corrected chi connectivity index (χ1v) is 5.63. The lowest BCUT2D eigenvalue weighted by Crippen LogP contribution is -2.46. The average Bonchev–Trinajstić information content (AvgIpc) is 3.00. The minimum absolute atomic E-state index is 0.0326. The zero-order valence-electron chi connectivity index (χ0n) is 9.32. The third-order valence-electron chi connectivity index (χ3n) is 3.03. The number of hydrogen-bond acceptors (Lipinski definition) is 2. The summed E-state index contributed by atoms with van der Waals surface area (Å²) in [5, 5.41) is 11.7. The van der Waals surface area contributed by atoms with E-state index in [9.17, 15) is 9.59 Å². The average molecular weight is 213 g/mol. The van der Waals surface area contributed by atoms with Crippen molar-refractivity contribution in [3.05, 3.63) is 0 Å². The van der Waals surface area contributed by atoms with Crippen LogP contribution >= 0.6 is 0 Å². The molecule has 1 unspecified atom stereocenters. The number of rotatable bonds is 6. The Bertz CT molecular complexity index is 244. The maximum absolute atomic E-state index is 11.5. The molecule has 0 radical (unpaired) electrons. The lowest BCUT2D eigenvalue weighted by Gasteiger charge is -2.22. The first-order valence-electron chi connectivity index (χ1n) is 5.63. The third kappa shape index (κ3) is 3.22. The predicted molar refractivity (Wildman–Crippen MR) is 56.4 cm³/mol. The molecule has 1 aliphatic rings. The van der Waals surface area contributed by atoms with Crippen LogP contribution in [0.4, 0.5) is 0 Å². The van der Waals surface area contributed by atoms with E-state index in [-0.39, 0.29) is 17.7 Å². The molecule has 0 saturated heterocycles. The van der Waals surface area contributed by atoms with E-state index in [0.29, 0.717) is 0 Å². The largest absolute Gasteiger partial charge is 0.480 e. The Morgan fingerprint density at radius 1 is 1.33 bits per heavy atom. The maximum atomic E-state index is 11.5. The summed E-state index contributed by atoms with van der Waals surface area (Å²) in [7, 11) is 0. The summed E-state index contributed by atoms with van der Waals surface area (Å²) >= 11 is 0. The smallest absolute Gasteiger partial charge is 0.326 e. The molecular weight excluding hydrogens is 194 g/mol. The predicted octanol–water partition coefficient (Wildman–Crippen LogP) is 1.40. The van der Waals surface area contributed by atoms with Gasteiger partial charge in [-0.2, -0.15) is 0 Å². The summed E-state index contributed by atoms with van der Waals surface area (Å²) in [4.78, 5) is 22.5. The summed E-state index contributed by atoms with van der Waals surface area (Å²) in [5.41, 5.74) is 0. The van der Waals surface area contributed by atoms with Gasteiger partial charge < -0.3 is 10.4 Å². The van der Waals surface area contributed by atoms with Gasteiger partial charge in [-0.1, -0.05) is 26.7 Å². The minimum atomic E-state index is -0.919. The van der Waals surface area contributed by atoms with Crippen molar-refractivity contribution < 1.29 is 14.7 Å². The molecule has 0 aromatic carbocycles. The Balaban J connectivity index is 2.55. The van der Waals surface area contributed by atoms with Gasteiger partial charge >= 0.3 is 5.97 Å². The lowest BCUT2D eigenvalue weighted by molar-refractivity contribution is -0.143. The van der Waals surface area contributed by atoms with E-state index < -0.39 is 12.0 Å². The second-order valence-corrected chi connectivity index (χ2v) is 4.18. The summed E-state index contributed by atoms with van der Waals surface area (Å²) in [5.74, 6) is -0.904. The van der Waals surface area contributed by atoms with Gasteiger partial charge in [-0.15, -0.1) is 0 Å². The van der Waals surface area contributed by atoms with Gasteiger partial charge in [-0.25, -0.2) is 4.79 Å². The fourth-order valence-corrected chi connectivity index (χ4v) is 1.76. The Kier molecular flexibility index (Phi) is 4.12. The quantitative estimate of drug-likeness (QED) is 0.701. The third-order valence-corrected chi connectivity index (χ3v) is 3.03. The second kappa shape index (κ2) is 5.14. The van der Waals surface area contributed by atoms with Crippen molar-refractivity contribution in [2.75, 3.05) is 0 Å². The number of nitrogens with one attached hydrogen (secondary N) is 1. The van der Waals surface area contributed by atoms with Crippen LogP contribution in [0.3, 0.4) is 0 Å². The summed E-state index contributed by atoms with van der Waals surface area (Å²) in [6.07, 6.45) is 3.36. The van der Waals surface area contributed by atoms with Gasteiger partial charge in [-0.05, 0) is 18.8 Å². The molecule has 1 rings (SSSR count). The van der Waals surface area contributed by atoms with Crippen LogP contribution in [0.2, 0.25) is 0 Å². The van der Waals surface area contributed by atoms with E-state index in [1.807, 2.05) is 13.8 Å². The van der Waals surface area contributed by atoms with E-state index in [1.54, 1.807) is 0 Å². The van der Waals surface area contributed by atoms with E-state index in [1.165, 1.54) is 0 Å². The van der Waals surface area contributed by atoms with Crippen molar-refractivity contribution >= 4 is 11.9 Å². The van der Waals surface area contributed by atoms with Crippen LogP contribution in [0.25, 0.3) is 0 Å². The van der Waals surface area contributed by atoms with Gasteiger partial charge in [-0.3, -0.25) is 4.79 Å². The van der Waals surface area contributed by atoms with Crippen molar-refractivity contribution in [3.8, 4) is 0 Å². The van der Waals surface area contributed by atoms with Gasteiger partial charge in [0.05, 0.1) is 0 Å². The molecule has 0 aliphatic heterocycles. The molecule has 0 bridgehead atoms. The standard InChI is InChI=1S/C11H19NO3/c1-3-7(4-2)9(11(14)15)12-10(13)8-5-6-8/h7-9H,3-6H2,1-2H3,(H,12,13)(H,14,15). The van der Waals surface area contributed by atoms with Crippen LogP contribution in [-0.4, -0.2) is 23.0 Å². The van der Waals surface area contributed by atoms with E-state index in [4.69, 9.17) is 5.11 Å². The molecule has 15 heavy (non-hydrogen) atoms. The monoisotopic (exact) mass is 213 g/mol. The number of hydrogen-bond donors (Lipinski definition) is 2. The molecule has 1 amide bonds. The van der Waals surface area contributed by atoms with Crippen molar-refractivity contribution in [1.82, 2.24) is 5.32 Å². The zero-order valence-corrected chi connectivity index (χ0v) is 9.32. The maximum Gasteiger partial charge on any atom is 0.326 e. The molecule has 1 saturated carbocycles. The van der Waals surface area contributed by atoms with Crippen molar-refractivity contribution in [3.63, 3.8) is 0 Å². The van der Waals surface area contributed by atoms with Crippen LogP contribution in [0.15, 0.2) is 0 Å². The van der Waals surface area contributed by atoms with Crippen LogP contribution in [-0.2, 0) is 9.59 Å². The van der Waals surface area contributed by atoms with E-state index >= 15 is 0 Å². The number of amides is 1. The Morgan fingerprint density at radius 3 is 2.20 bits per heavy atom. The van der Waals surface area contributed by atoms with Gasteiger partial charge in [0.15, 0.2) is 0 Å². The van der Waals surface area contributed by atoms with Gasteiger partial charge in [0.25, 0.3) is 0 Å². The number of carboxylic acid groups (broad SMARTS) is 1. The van der Waals surface area contributed by atoms with E-state index in [2.05, 4.69) is 5.32 Å². The molecule has 0 spiro atoms. The number of carboxylic acids is 1. The summed E-state index contributed by atoms with van der Waals surface area (Å²) in [6, 6.07) is -0.715. The lowest BCUT2D eigenvalue weighted by atomic mass is 9.94. The molecule has 1 fully saturated rings. The molecule has 1 aliphatic carbocycles. The molecule has 86 valence electrons. The highest BCUT2D eigenvalue weighted by Gasteiger charge is 2.34. The number of carbonyl (C=O) groups excluding carboxylic acids is 1. The van der Waals surface area contributed by atoms with Crippen molar-refractivity contribution in [2.45, 2.75) is 45.6 Å². The first-order chi connectivity index (χ1) is 7.10. The highest BCUT2D eigenvalue weighted by Crippen LogP contribution is 2.29. The highest BCUT2D eigenvalue weighted by molar-refractivity contribution is 5.86. The molecule has 1 atom stereocenters. The van der Waals surface area contributed by atoms with Crippen LogP contribution in [0, 0.1) is 11.8 Å². The number of aliphatic carboxylic acids is 1. The normalized spacial score (nSPS) is 17.5. The van der Waals surface area contributed by atoms with Gasteiger partial charge in [0.2, 0.25) is 5.91 Å². The molecule has 0 aromatic heterocycles. The molecule has 0 aromatic rings. The van der Waals surface area contributed by atoms with Crippen molar-refractivity contribution in [1.29, 1.82) is 0 Å². The van der Waals surface area contributed by atoms with Crippen molar-refractivity contribution in [2.24, 2.45) is 11.8 Å². The SMILES string of the molecule is CCC(CC)C(NC(=O)C1CC1)C(=O)O. The second-order valence-electron chi connectivity index (χ2n) is 4.18. The van der Waals surface area contributed by atoms with Crippen LogP contribution in [0.1, 0.15) is 39.5 Å². The summed E-state index contributed by atoms with van der Waals surface area (Å²) < 4.78 is 0. The Morgan fingerprint density at radius 2 is 1.87 bits per heavy atom. The van der Waals surface area contributed by atoms with E-state index in [0.717, 1.165) is 25.7 Å². The van der Waals surface area contributed by atoms with Gasteiger partial charge in [0, 0.05) is 5.92 Å². The fraction of sp³-hybridized carbons (Fsp3) is 0.818. The van der Waals surface area contributed by atoms with Crippen LogP contribution < -0.4 is 5.32 Å². The molecule has 4 heteroatoms. The van der Waals surface area contributed by atoms with Gasteiger partial charge in [0.1, 0.15) is 6.04 Å². The number of carbonyl (C=O) groups is 2. The Labute approximate surface area is 90.0 Å². The molecule has 2 N–H and O–H groups in total. The fourth-order valence-electron chi connectivity index (χ4n) is 1.76. The van der Waals surface area contributed by atoms with Crippen LogP contribution in [0.5, 0.6) is 0 Å². The topological polar surface area (TPSA) is 66.4 Å². The Hall–Kier alpha value is -1.06. The highest BCUT2D eigenvalue weighted by atomic mass is 16.4. The zero-order chi connectivity index (χ0) is 11.4. The first kappa shape index (κ1) is 12.0. The molecule has 4 nitrogen and oxygen atoms in total. The molecule has 0 heterocycles.